The van der Waals surface area contributed by atoms with Gasteiger partial charge in [-0.3, -0.25) is 0 Å². The zero-order valence-corrected chi connectivity index (χ0v) is 22.2. The summed E-state index contributed by atoms with van der Waals surface area (Å²) in [6.45, 7) is 8.18. The van der Waals surface area contributed by atoms with Crippen LogP contribution in [0.15, 0.2) is 67.1 Å². The van der Waals surface area contributed by atoms with Gasteiger partial charge in [0, 0.05) is 37.3 Å². The van der Waals surface area contributed by atoms with E-state index in [1.807, 2.05) is 63.2 Å². The summed E-state index contributed by atoms with van der Waals surface area (Å²) in [6, 6.07) is 17.2. The molecule has 1 aliphatic heterocycles. The van der Waals surface area contributed by atoms with Crippen LogP contribution in [0.1, 0.15) is 26.3 Å². The maximum atomic E-state index is 12.4. The number of carbonyl (C=O) groups excluding carboxylic acids is 1. The largest absolute Gasteiger partial charge is 0.444 e. The maximum Gasteiger partial charge on any atom is 0.410 e. The Hall–Kier alpha value is -4.84. The monoisotopic (exact) mass is 522 g/mol. The highest BCUT2D eigenvalue weighted by Crippen LogP contribution is 2.30. The van der Waals surface area contributed by atoms with Gasteiger partial charge in [0.05, 0.1) is 23.0 Å². The fourth-order valence-electron chi connectivity index (χ4n) is 4.26. The molecule has 198 valence electrons. The first-order valence-corrected chi connectivity index (χ1v) is 12.7. The van der Waals surface area contributed by atoms with Crippen molar-refractivity contribution in [2.45, 2.75) is 26.4 Å². The molecule has 9 nitrogen and oxygen atoms in total. The summed E-state index contributed by atoms with van der Waals surface area (Å²) in [5.41, 5.74) is 2.52. The van der Waals surface area contributed by atoms with E-state index in [0.717, 1.165) is 16.6 Å². The number of para-hydroxylation sites is 1. The Labute approximate surface area is 227 Å². The standard InChI is InChI=1S/C30H30N6O3/c1-5-21-17-22(19-31-28(21)38-24-9-7-6-8-10-24)34-27-25-18-23(11-12-26(25)32-20-33-27)35-13-15-36(16-14-35)29(37)39-30(2,3)4/h1,6-12,17-20H,13-16H2,2-4H3,(H,32,33,34). The lowest BCUT2D eigenvalue weighted by atomic mass is 10.1. The minimum Gasteiger partial charge on any atom is -0.444 e. The number of anilines is 3. The van der Waals surface area contributed by atoms with E-state index < -0.39 is 5.60 Å². The molecule has 4 aromatic rings. The van der Waals surface area contributed by atoms with E-state index in [1.54, 1.807) is 17.2 Å². The molecule has 2 aromatic carbocycles. The zero-order valence-electron chi connectivity index (χ0n) is 22.2. The number of ether oxygens (including phenoxy) is 2. The Bertz CT molecular complexity index is 1520. The Morgan fingerprint density at radius 1 is 1.00 bits per heavy atom. The number of nitrogens with one attached hydrogen (secondary N) is 1. The molecule has 9 heteroatoms. The molecular formula is C30H30N6O3. The highest BCUT2D eigenvalue weighted by Gasteiger charge is 2.26. The van der Waals surface area contributed by atoms with Crippen LogP contribution in [0.2, 0.25) is 0 Å². The lowest BCUT2D eigenvalue weighted by Gasteiger charge is -2.36. The van der Waals surface area contributed by atoms with Crippen LogP contribution in [-0.4, -0.2) is 57.7 Å². The van der Waals surface area contributed by atoms with E-state index in [4.69, 9.17) is 15.9 Å². The van der Waals surface area contributed by atoms with Gasteiger partial charge < -0.3 is 24.6 Å². The van der Waals surface area contributed by atoms with Crippen LogP contribution in [0.5, 0.6) is 11.6 Å². The predicted molar refractivity (Wildman–Crippen MR) is 152 cm³/mol. The molecule has 0 saturated carbocycles. The maximum absolute atomic E-state index is 12.4. The van der Waals surface area contributed by atoms with Crippen molar-refractivity contribution in [1.29, 1.82) is 0 Å². The molecule has 1 fully saturated rings. The number of hydrogen-bond donors (Lipinski definition) is 1. The van der Waals surface area contributed by atoms with Crippen molar-refractivity contribution in [2.75, 3.05) is 36.4 Å². The summed E-state index contributed by atoms with van der Waals surface area (Å²) in [5.74, 6) is 4.30. The third-order valence-corrected chi connectivity index (χ3v) is 6.14. The normalized spacial score (nSPS) is 13.6. The highest BCUT2D eigenvalue weighted by molar-refractivity contribution is 5.93. The first-order chi connectivity index (χ1) is 18.8. The zero-order chi connectivity index (χ0) is 27.4. The Morgan fingerprint density at radius 2 is 1.77 bits per heavy atom. The lowest BCUT2D eigenvalue weighted by Crippen LogP contribution is -2.50. The van der Waals surface area contributed by atoms with Crippen molar-refractivity contribution in [3.05, 3.63) is 72.7 Å². The Morgan fingerprint density at radius 3 is 2.49 bits per heavy atom. The Balaban J connectivity index is 1.33. The second-order valence-electron chi connectivity index (χ2n) is 10.1. The summed E-state index contributed by atoms with van der Waals surface area (Å²) in [6.07, 6.45) is 8.66. The van der Waals surface area contributed by atoms with Crippen molar-refractivity contribution in [3.8, 4) is 24.0 Å². The first kappa shape index (κ1) is 25.8. The second kappa shape index (κ2) is 10.9. The fraction of sp³-hybridized carbons (Fsp3) is 0.267. The summed E-state index contributed by atoms with van der Waals surface area (Å²) in [7, 11) is 0. The molecule has 3 heterocycles. The number of carbonyl (C=O) groups is 1. The summed E-state index contributed by atoms with van der Waals surface area (Å²) >= 11 is 0. The van der Waals surface area contributed by atoms with E-state index in [-0.39, 0.29) is 6.09 Å². The molecule has 1 N–H and O–H groups in total. The number of rotatable bonds is 5. The number of pyridine rings is 1. The van der Waals surface area contributed by atoms with Crippen LogP contribution in [-0.2, 0) is 4.74 Å². The number of hydrogen-bond acceptors (Lipinski definition) is 8. The van der Waals surface area contributed by atoms with Gasteiger partial charge in [0.15, 0.2) is 0 Å². The van der Waals surface area contributed by atoms with Gasteiger partial charge in [0.1, 0.15) is 23.5 Å². The molecule has 5 rings (SSSR count). The SMILES string of the molecule is C#Cc1cc(Nc2ncnc3ccc(N4CCN(C(=O)OC(C)(C)C)CC4)cc23)cnc1Oc1ccccc1. The van der Waals surface area contributed by atoms with E-state index in [1.165, 1.54) is 6.33 Å². The molecule has 0 aliphatic carbocycles. The summed E-state index contributed by atoms with van der Waals surface area (Å²) in [4.78, 5) is 29.8. The van der Waals surface area contributed by atoms with E-state index in [0.29, 0.717) is 54.9 Å². The van der Waals surface area contributed by atoms with Crippen LogP contribution in [0, 0.1) is 12.3 Å². The van der Waals surface area contributed by atoms with E-state index >= 15 is 0 Å². The third kappa shape index (κ3) is 6.18. The molecule has 2 aromatic heterocycles. The third-order valence-electron chi connectivity index (χ3n) is 6.14. The number of piperazine rings is 1. The summed E-state index contributed by atoms with van der Waals surface area (Å²) in [5, 5.41) is 4.19. The molecule has 0 spiro atoms. The average Bonchev–Trinajstić information content (AvgIpc) is 2.93. The van der Waals surface area contributed by atoms with Gasteiger partial charge in [-0.2, -0.15) is 0 Å². The van der Waals surface area contributed by atoms with Crippen LogP contribution >= 0.6 is 0 Å². The molecule has 0 radical (unpaired) electrons. The van der Waals surface area contributed by atoms with Crippen LogP contribution in [0.25, 0.3) is 10.9 Å². The molecule has 0 unspecified atom stereocenters. The van der Waals surface area contributed by atoms with Gasteiger partial charge in [0.25, 0.3) is 0 Å². The van der Waals surface area contributed by atoms with Crippen molar-refractivity contribution in [2.24, 2.45) is 0 Å². The highest BCUT2D eigenvalue weighted by atomic mass is 16.6. The first-order valence-electron chi connectivity index (χ1n) is 12.7. The number of aromatic nitrogens is 3. The van der Waals surface area contributed by atoms with Gasteiger partial charge >= 0.3 is 6.09 Å². The molecule has 1 aliphatic rings. The van der Waals surface area contributed by atoms with Crippen LogP contribution in [0.3, 0.4) is 0 Å². The van der Waals surface area contributed by atoms with E-state index in [2.05, 4.69) is 37.2 Å². The quantitative estimate of drug-likeness (QED) is 0.339. The van der Waals surface area contributed by atoms with Crippen molar-refractivity contribution < 1.29 is 14.3 Å². The topological polar surface area (TPSA) is 92.7 Å². The Kier molecular flexibility index (Phi) is 7.19. The molecule has 39 heavy (non-hydrogen) atoms. The number of benzene rings is 2. The van der Waals surface area contributed by atoms with Crippen molar-refractivity contribution >= 4 is 34.2 Å². The minimum atomic E-state index is -0.512. The lowest BCUT2D eigenvalue weighted by molar-refractivity contribution is 0.0240. The van der Waals surface area contributed by atoms with Gasteiger partial charge in [0.2, 0.25) is 5.88 Å². The van der Waals surface area contributed by atoms with Gasteiger partial charge in [-0.25, -0.2) is 19.7 Å². The second-order valence-corrected chi connectivity index (χ2v) is 10.1. The smallest absolute Gasteiger partial charge is 0.410 e. The van der Waals surface area contributed by atoms with Crippen LogP contribution in [0.4, 0.5) is 22.0 Å². The van der Waals surface area contributed by atoms with Gasteiger partial charge in [-0.15, -0.1) is 6.42 Å². The van der Waals surface area contributed by atoms with Gasteiger partial charge in [-0.05, 0) is 57.2 Å². The van der Waals surface area contributed by atoms with Crippen LogP contribution < -0.4 is 15.0 Å². The number of fused-ring (bicyclic) bond motifs is 1. The van der Waals surface area contributed by atoms with Crippen molar-refractivity contribution in [1.82, 2.24) is 19.9 Å². The van der Waals surface area contributed by atoms with Crippen molar-refractivity contribution in [3.63, 3.8) is 0 Å². The fourth-order valence-corrected chi connectivity index (χ4v) is 4.26. The summed E-state index contributed by atoms with van der Waals surface area (Å²) < 4.78 is 11.4. The number of amides is 1. The predicted octanol–water partition coefficient (Wildman–Crippen LogP) is 5.60. The molecule has 1 amide bonds. The molecule has 1 saturated heterocycles. The molecular weight excluding hydrogens is 492 g/mol. The minimum absolute atomic E-state index is 0.277. The average molecular weight is 523 g/mol. The molecule has 0 atom stereocenters. The molecule has 0 bridgehead atoms. The van der Waals surface area contributed by atoms with Gasteiger partial charge in [-0.1, -0.05) is 24.1 Å². The van der Waals surface area contributed by atoms with E-state index in [9.17, 15) is 4.79 Å². The number of terminal acetylenes is 1. The number of nitrogens with zero attached hydrogens (tertiary/aromatic N) is 5.